The molecule has 2 N–H and O–H groups in total. The van der Waals surface area contributed by atoms with Crippen LogP contribution in [0.4, 0.5) is 10.6 Å². The molecule has 0 aliphatic carbocycles. The van der Waals surface area contributed by atoms with E-state index in [-0.39, 0.29) is 12.6 Å². The van der Waals surface area contributed by atoms with Gasteiger partial charge < -0.3 is 10.0 Å². The Bertz CT molecular complexity index is 829. The molecule has 132 valence electrons. The lowest BCUT2D eigenvalue weighted by molar-refractivity contribution is -0.146. The SMILES string of the molecule is Cc1ccccc1-c1cc(NC(=O)N2CCC(C)(C(=O)O)C2)n(C)n1. The number of aromatic nitrogens is 2. The van der Waals surface area contributed by atoms with Crippen molar-refractivity contribution in [2.45, 2.75) is 20.3 Å². The van der Waals surface area contributed by atoms with Crippen molar-refractivity contribution in [2.75, 3.05) is 18.4 Å². The number of carboxylic acid groups (broad SMARTS) is 1. The minimum absolute atomic E-state index is 0.205. The Hall–Kier alpha value is -2.83. The summed E-state index contributed by atoms with van der Waals surface area (Å²) in [4.78, 5) is 25.3. The number of carboxylic acids is 1. The van der Waals surface area contributed by atoms with Crippen molar-refractivity contribution >= 4 is 17.8 Å². The molecule has 0 bridgehead atoms. The highest BCUT2D eigenvalue weighted by Gasteiger charge is 2.42. The van der Waals surface area contributed by atoms with E-state index < -0.39 is 11.4 Å². The van der Waals surface area contributed by atoms with Gasteiger partial charge in [0.15, 0.2) is 0 Å². The van der Waals surface area contributed by atoms with Gasteiger partial charge in [0.1, 0.15) is 5.82 Å². The topological polar surface area (TPSA) is 87.5 Å². The molecule has 0 radical (unpaired) electrons. The Balaban J connectivity index is 1.75. The zero-order valence-electron chi connectivity index (χ0n) is 14.6. The van der Waals surface area contributed by atoms with E-state index in [2.05, 4.69) is 10.4 Å². The summed E-state index contributed by atoms with van der Waals surface area (Å²) in [5.41, 5.74) is 2.02. The highest BCUT2D eigenvalue weighted by atomic mass is 16.4. The second-order valence-corrected chi connectivity index (χ2v) is 6.82. The molecule has 1 atom stereocenters. The van der Waals surface area contributed by atoms with Gasteiger partial charge >= 0.3 is 12.0 Å². The van der Waals surface area contributed by atoms with Gasteiger partial charge in [-0.1, -0.05) is 24.3 Å². The van der Waals surface area contributed by atoms with Gasteiger partial charge in [-0.25, -0.2) is 4.79 Å². The van der Waals surface area contributed by atoms with Crippen molar-refractivity contribution in [3.8, 4) is 11.3 Å². The Morgan fingerprint density at radius 2 is 2.04 bits per heavy atom. The number of hydrogen-bond acceptors (Lipinski definition) is 3. The zero-order chi connectivity index (χ0) is 18.2. The third kappa shape index (κ3) is 3.22. The molecule has 1 fully saturated rings. The maximum Gasteiger partial charge on any atom is 0.323 e. The lowest BCUT2D eigenvalue weighted by Crippen LogP contribution is -2.37. The molecule has 0 saturated carbocycles. The predicted molar refractivity (Wildman–Crippen MR) is 94.3 cm³/mol. The van der Waals surface area contributed by atoms with Crippen molar-refractivity contribution in [3.63, 3.8) is 0 Å². The van der Waals surface area contributed by atoms with Crippen LogP contribution in [0.25, 0.3) is 11.3 Å². The van der Waals surface area contributed by atoms with Crippen molar-refractivity contribution in [1.82, 2.24) is 14.7 Å². The van der Waals surface area contributed by atoms with Crippen LogP contribution in [0.15, 0.2) is 30.3 Å². The number of rotatable bonds is 3. The third-order valence-corrected chi connectivity index (χ3v) is 4.81. The number of benzene rings is 1. The second kappa shape index (κ2) is 6.23. The number of carbonyl (C=O) groups is 2. The smallest absolute Gasteiger partial charge is 0.323 e. The van der Waals surface area contributed by atoms with Crippen molar-refractivity contribution in [1.29, 1.82) is 0 Å². The number of aliphatic carboxylic acids is 1. The molecule has 1 aromatic carbocycles. The molecule has 1 aliphatic heterocycles. The average Bonchev–Trinajstić information content (AvgIpc) is 3.13. The van der Waals surface area contributed by atoms with Gasteiger partial charge in [0.05, 0.1) is 11.1 Å². The van der Waals surface area contributed by atoms with Crippen molar-refractivity contribution in [2.24, 2.45) is 12.5 Å². The summed E-state index contributed by atoms with van der Waals surface area (Å²) in [6, 6.07) is 9.45. The Labute approximate surface area is 146 Å². The number of aryl methyl sites for hydroxylation is 2. The van der Waals surface area contributed by atoms with E-state index in [1.807, 2.05) is 37.3 Å². The Morgan fingerprint density at radius 1 is 1.32 bits per heavy atom. The molecular weight excluding hydrogens is 320 g/mol. The molecule has 1 aromatic heterocycles. The van der Waals surface area contributed by atoms with Crippen LogP contribution < -0.4 is 5.32 Å². The number of likely N-dealkylation sites (tertiary alicyclic amines) is 1. The first-order valence-corrected chi connectivity index (χ1v) is 8.19. The molecule has 1 unspecified atom stereocenters. The summed E-state index contributed by atoms with van der Waals surface area (Å²) in [6.45, 7) is 4.32. The normalized spacial score (nSPS) is 19.9. The predicted octanol–water partition coefficient (Wildman–Crippen LogP) is 2.72. The van der Waals surface area contributed by atoms with Crippen molar-refractivity contribution in [3.05, 3.63) is 35.9 Å². The maximum atomic E-state index is 12.5. The van der Waals surface area contributed by atoms with Crippen LogP contribution in [0.2, 0.25) is 0 Å². The lowest BCUT2D eigenvalue weighted by Gasteiger charge is -2.20. The van der Waals surface area contributed by atoms with Gasteiger partial charge in [0.2, 0.25) is 0 Å². The second-order valence-electron chi connectivity index (χ2n) is 6.82. The van der Waals surface area contributed by atoms with E-state index >= 15 is 0 Å². The number of nitrogens with zero attached hydrogens (tertiary/aromatic N) is 3. The number of anilines is 1. The summed E-state index contributed by atoms with van der Waals surface area (Å²) < 4.78 is 1.62. The molecule has 2 amide bonds. The van der Waals surface area contributed by atoms with Crippen LogP contribution in [0.1, 0.15) is 18.9 Å². The van der Waals surface area contributed by atoms with E-state index in [9.17, 15) is 14.7 Å². The van der Waals surface area contributed by atoms with Crippen LogP contribution >= 0.6 is 0 Å². The van der Waals surface area contributed by atoms with Crippen molar-refractivity contribution < 1.29 is 14.7 Å². The molecule has 7 heteroatoms. The number of nitrogens with one attached hydrogen (secondary N) is 1. The highest BCUT2D eigenvalue weighted by Crippen LogP contribution is 2.31. The first-order chi connectivity index (χ1) is 11.8. The number of amides is 2. The Kier molecular flexibility index (Phi) is 4.24. The Morgan fingerprint density at radius 3 is 2.68 bits per heavy atom. The molecule has 2 aromatic rings. The molecule has 7 nitrogen and oxygen atoms in total. The average molecular weight is 342 g/mol. The molecular formula is C18H22N4O3. The molecule has 1 saturated heterocycles. The third-order valence-electron chi connectivity index (χ3n) is 4.81. The summed E-state index contributed by atoms with van der Waals surface area (Å²) in [5.74, 6) is -0.294. The maximum absolute atomic E-state index is 12.5. The van der Waals surface area contributed by atoms with Crippen LogP contribution in [0.3, 0.4) is 0 Å². The molecule has 1 aliphatic rings. The minimum Gasteiger partial charge on any atom is -0.481 e. The lowest BCUT2D eigenvalue weighted by atomic mass is 9.90. The van der Waals surface area contributed by atoms with Crippen LogP contribution in [0.5, 0.6) is 0 Å². The zero-order valence-corrected chi connectivity index (χ0v) is 14.6. The summed E-state index contributed by atoms with van der Waals surface area (Å²) in [7, 11) is 1.77. The summed E-state index contributed by atoms with van der Waals surface area (Å²) >= 11 is 0. The van der Waals surface area contributed by atoms with Crippen LogP contribution in [0, 0.1) is 12.3 Å². The first kappa shape index (κ1) is 17.0. The highest BCUT2D eigenvalue weighted by molar-refractivity contribution is 5.90. The molecule has 3 rings (SSSR count). The number of hydrogen-bond donors (Lipinski definition) is 2. The molecule has 25 heavy (non-hydrogen) atoms. The fraction of sp³-hybridized carbons (Fsp3) is 0.389. The molecule has 0 spiro atoms. The van der Waals surface area contributed by atoms with Gasteiger partial charge in [-0.15, -0.1) is 0 Å². The van der Waals surface area contributed by atoms with Gasteiger partial charge in [-0.05, 0) is 25.8 Å². The fourth-order valence-electron chi connectivity index (χ4n) is 3.07. The first-order valence-electron chi connectivity index (χ1n) is 8.19. The number of carbonyl (C=O) groups excluding carboxylic acids is 1. The van der Waals surface area contributed by atoms with Gasteiger partial charge in [0, 0.05) is 31.8 Å². The van der Waals surface area contributed by atoms with E-state index in [0.717, 1.165) is 16.8 Å². The number of urea groups is 1. The van der Waals surface area contributed by atoms with E-state index in [0.29, 0.717) is 18.8 Å². The minimum atomic E-state index is -0.879. The van der Waals surface area contributed by atoms with E-state index in [4.69, 9.17) is 0 Å². The summed E-state index contributed by atoms with van der Waals surface area (Å²) in [6.07, 6.45) is 0.454. The van der Waals surface area contributed by atoms with Gasteiger partial charge in [-0.2, -0.15) is 5.10 Å². The van der Waals surface area contributed by atoms with E-state index in [1.165, 1.54) is 4.90 Å². The quantitative estimate of drug-likeness (QED) is 0.898. The van der Waals surface area contributed by atoms with Gasteiger partial charge in [-0.3, -0.25) is 14.8 Å². The monoisotopic (exact) mass is 342 g/mol. The van der Waals surface area contributed by atoms with Crippen LogP contribution in [-0.4, -0.2) is 44.9 Å². The van der Waals surface area contributed by atoms with E-state index in [1.54, 1.807) is 18.7 Å². The standard InChI is InChI=1S/C18H22N4O3/c1-12-6-4-5-7-13(12)14-10-15(21(3)20-14)19-17(25)22-9-8-18(2,11-22)16(23)24/h4-7,10H,8-9,11H2,1-3H3,(H,19,25)(H,23,24). The van der Waals surface area contributed by atoms with Gasteiger partial charge in [0.25, 0.3) is 0 Å². The van der Waals surface area contributed by atoms with Crippen LogP contribution in [-0.2, 0) is 11.8 Å². The largest absolute Gasteiger partial charge is 0.481 e. The summed E-state index contributed by atoms with van der Waals surface area (Å²) in [5, 5.41) is 16.6. The molecule has 2 heterocycles. The fourth-order valence-corrected chi connectivity index (χ4v) is 3.07.